The van der Waals surface area contributed by atoms with Crippen LogP contribution in [0.25, 0.3) is 0 Å². The Morgan fingerprint density at radius 3 is 2.59 bits per heavy atom. The van der Waals surface area contributed by atoms with E-state index in [0.717, 1.165) is 66.9 Å². The van der Waals surface area contributed by atoms with Gasteiger partial charge >= 0.3 is 0 Å². The molecular weight excluding hydrogens is 518 g/mol. The van der Waals surface area contributed by atoms with Crippen LogP contribution < -0.4 is 15.4 Å². The first-order chi connectivity index (χ1) is 16.4. The molecule has 2 aliphatic heterocycles. The number of amides is 1. The third-order valence-corrected chi connectivity index (χ3v) is 7.56. The molecule has 2 heterocycles. The minimum Gasteiger partial charge on any atom is -0.489 e. The van der Waals surface area contributed by atoms with Gasteiger partial charge in [-0.1, -0.05) is 39.7 Å². The molecule has 8 heteroatoms. The summed E-state index contributed by atoms with van der Waals surface area (Å²) in [5.74, 6) is 0.995. The number of halogens is 2. The number of nitrogens with one attached hydrogen (secondary N) is 2. The molecule has 2 saturated heterocycles. The average molecular weight is 551 g/mol. The highest BCUT2D eigenvalue weighted by atomic mass is 79.9. The van der Waals surface area contributed by atoms with Crippen LogP contribution in [0.15, 0.2) is 46.9 Å². The first-order valence-electron chi connectivity index (χ1n) is 12.0. The van der Waals surface area contributed by atoms with Gasteiger partial charge in [-0.15, -0.1) is 0 Å². The maximum atomic E-state index is 12.5. The number of piperidine rings is 2. The lowest BCUT2D eigenvalue weighted by Gasteiger charge is -2.38. The number of hydrogen-bond donors (Lipinski definition) is 3. The van der Waals surface area contributed by atoms with E-state index in [1.54, 1.807) is 0 Å². The van der Waals surface area contributed by atoms with E-state index in [9.17, 15) is 9.90 Å². The van der Waals surface area contributed by atoms with E-state index >= 15 is 0 Å². The van der Waals surface area contributed by atoms with E-state index in [1.165, 1.54) is 0 Å². The molecule has 2 fully saturated rings. The monoisotopic (exact) mass is 549 g/mol. The van der Waals surface area contributed by atoms with Crippen molar-refractivity contribution in [3.63, 3.8) is 0 Å². The summed E-state index contributed by atoms with van der Waals surface area (Å²) in [5.41, 5.74) is 1.32. The predicted octanol–water partition coefficient (Wildman–Crippen LogP) is 4.12. The number of benzene rings is 2. The summed E-state index contributed by atoms with van der Waals surface area (Å²) in [6.45, 7) is 4.85. The van der Waals surface area contributed by atoms with Gasteiger partial charge in [-0.05, 0) is 74.7 Å². The van der Waals surface area contributed by atoms with Crippen LogP contribution in [0.5, 0.6) is 5.75 Å². The van der Waals surface area contributed by atoms with Gasteiger partial charge in [-0.25, -0.2) is 0 Å². The summed E-state index contributed by atoms with van der Waals surface area (Å²) in [7, 11) is 0. The fourth-order valence-corrected chi connectivity index (χ4v) is 5.11. The molecule has 34 heavy (non-hydrogen) atoms. The second-order valence-electron chi connectivity index (χ2n) is 9.41. The fourth-order valence-electron chi connectivity index (χ4n) is 4.58. The van der Waals surface area contributed by atoms with Crippen LogP contribution in [0.2, 0.25) is 5.02 Å². The zero-order chi connectivity index (χ0) is 24.0. The molecule has 4 rings (SSSR count). The summed E-state index contributed by atoms with van der Waals surface area (Å²) in [6, 6.07) is 13.7. The van der Waals surface area contributed by atoms with Crippen molar-refractivity contribution >= 4 is 33.4 Å². The van der Waals surface area contributed by atoms with Crippen molar-refractivity contribution in [3.8, 4) is 5.75 Å². The fraction of sp³-hybridized carbons (Fsp3) is 0.500. The van der Waals surface area contributed by atoms with Crippen molar-refractivity contribution in [2.24, 2.45) is 5.92 Å². The van der Waals surface area contributed by atoms with Crippen LogP contribution in [0.4, 0.5) is 0 Å². The third-order valence-electron chi connectivity index (χ3n) is 6.81. The van der Waals surface area contributed by atoms with Crippen LogP contribution in [-0.2, 0) is 17.9 Å². The Hall–Kier alpha value is -1.64. The molecule has 0 radical (unpaired) electrons. The Balaban J connectivity index is 1.28. The highest BCUT2D eigenvalue weighted by Gasteiger charge is 2.33. The molecule has 184 valence electrons. The van der Waals surface area contributed by atoms with Gasteiger partial charge in [0.15, 0.2) is 0 Å². The molecule has 0 aromatic heterocycles. The predicted molar refractivity (Wildman–Crippen MR) is 138 cm³/mol. The van der Waals surface area contributed by atoms with E-state index in [1.807, 2.05) is 36.4 Å². The Bertz CT molecular complexity index is 958. The summed E-state index contributed by atoms with van der Waals surface area (Å²) >= 11 is 9.56. The number of nitrogens with zero attached hydrogens (tertiary/aromatic N) is 1. The van der Waals surface area contributed by atoms with Gasteiger partial charge in [0.1, 0.15) is 12.4 Å². The second kappa shape index (κ2) is 11.9. The zero-order valence-electron chi connectivity index (χ0n) is 19.4. The Labute approximate surface area is 215 Å². The van der Waals surface area contributed by atoms with Gasteiger partial charge in [0.05, 0.1) is 5.60 Å². The highest BCUT2D eigenvalue weighted by molar-refractivity contribution is 9.10. The molecule has 2 aromatic rings. The molecule has 3 N–H and O–H groups in total. The normalized spacial score (nSPS) is 19.0. The van der Waals surface area contributed by atoms with E-state index in [2.05, 4.69) is 37.5 Å². The number of carbonyl (C=O) groups is 1. The van der Waals surface area contributed by atoms with Crippen LogP contribution in [0.3, 0.4) is 0 Å². The summed E-state index contributed by atoms with van der Waals surface area (Å²) in [4.78, 5) is 14.8. The zero-order valence-corrected chi connectivity index (χ0v) is 21.7. The van der Waals surface area contributed by atoms with Gasteiger partial charge in [-0.3, -0.25) is 9.69 Å². The smallest absolute Gasteiger partial charge is 0.223 e. The molecule has 2 aromatic carbocycles. The van der Waals surface area contributed by atoms with Gasteiger partial charge in [0, 0.05) is 47.2 Å². The van der Waals surface area contributed by atoms with Gasteiger partial charge < -0.3 is 20.5 Å². The van der Waals surface area contributed by atoms with E-state index in [0.29, 0.717) is 31.0 Å². The number of aliphatic hydroxyl groups is 1. The third kappa shape index (κ3) is 7.18. The molecule has 0 bridgehead atoms. The molecule has 0 aliphatic carbocycles. The summed E-state index contributed by atoms with van der Waals surface area (Å²) < 4.78 is 7.14. The maximum Gasteiger partial charge on any atom is 0.223 e. The van der Waals surface area contributed by atoms with Crippen LogP contribution in [0.1, 0.15) is 36.8 Å². The number of carbonyl (C=O) groups excluding carboxylic acids is 1. The first kappa shape index (κ1) is 25.5. The van der Waals surface area contributed by atoms with Gasteiger partial charge in [-0.2, -0.15) is 0 Å². The molecule has 1 amide bonds. The van der Waals surface area contributed by atoms with Crippen molar-refractivity contribution in [2.75, 3.05) is 32.7 Å². The van der Waals surface area contributed by atoms with Gasteiger partial charge in [0.25, 0.3) is 0 Å². The molecule has 2 aliphatic rings. The number of rotatable bonds is 8. The molecular formula is C26H33BrClN3O3. The lowest BCUT2D eigenvalue weighted by atomic mass is 9.90. The Kier molecular flexibility index (Phi) is 8.88. The SMILES string of the molecule is O=C(NCC1(O)CCN(Cc2cc(Br)ccc2OCc2ccc(Cl)cc2)CC1)C1CCNCC1. The van der Waals surface area contributed by atoms with Crippen molar-refractivity contribution < 1.29 is 14.6 Å². The van der Waals surface area contributed by atoms with E-state index in [4.69, 9.17) is 16.3 Å². The van der Waals surface area contributed by atoms with Crippen molar-refractivity contribution in [1.82, 2.24) is 15.5 Å². The summed E-state index contributed by atoms with van der Waals surface area (Å²) in [5, 5.41) is 18.0. The van der Waals surface area contributed by atoms with Crippen LogP contribution >= 0.6 is 27.5 Å². The Morgan fingerprint density at radius 1 is 1.18 bits per heavy atom. The first-order valence-corrected chi connectivity index (χ1v) is 13.2. The summed E-state index contributed by atoms with van der Waals surface area (Å²) in [6.07, 6.45) is 3.00. The standard InChI is InChI=1S/C26H33BrClN3O3/c27-22-3-6-24(34-17-19-1-4-23(28)5-2-19)21(15-22)16-31-13-9-26(33,10-14-31)18-30-25(32)20-7-11-29-12-8-20/h1-6,15,20,29,33H,7-14,16-18H2,(H,30,32). The van der Waals surface area contributed by atoms with Crippen LogP contribution in [-0.4, -0.2) is 54.2 Å². The molecule has 6 nitrogen and oxygen atoms in total. The number of hydrogen-bond acceptors (Lipinski definition) is 5. The minimum absolute atomic E-state index is 0.0627. The van der Waals surface area contributed by atoms with E-state index in [-0.39, 0.29) is 11.8 Å². The minimum atomic E-state index is -0.843. The maximum absolute atomic E-state index is 12.5. The van der Waals surface area contributed by atoms with E-state index < -0.39 is 5.60 Å². The van der Waals surface area contributed by atoms with Crippen LogP contribution in [0, 0.1) is 5.92 Å². The largest absolute Gasteiger partial charge is 0.489 e. The molecule has 0 unspecified atom stereocenters. The number of ether oxygens (including phenoxy) is 1. The van der Waals surface area contributed by atoms with Gasteiger partial charge in [0.2, 0.25) is 5.91 Å². The molecule has 0 spiro atoms. The van der Waals surface area contributed by atoms with Crippen molar-refractivity contribution in [2.45, 2.75) is 44.4 Å². The van der Waals surface area contributed by atoms with Crippen molar-refractivity contribution in [1.29, 1.82) is 0 Å². The quantitative estimate of drug-likeness (QED) is 0.461. The lowest BCUT2D eigenvalue weighted by Crippen LogP contribution is -2.51. The molecule has 0 atom stereocenters. The number of likely N-dealkylation sites (tertiary alicyclic amines) is 1. The van der Waals surface area contributed by atoms with Crippen molar-refractivity contribution in [3.05, 3.63) is 63.1 Å². The Morgan fingerprint density at radius 2 is 1.88 bits per heavy atom. The molecule has 0 saturated carbocycles. The average Bonchev–Trinajstić information content (AvgIpc) is 2.85. The topological polar surface area (TPSA) is 73.8 Å². The second-order valence-corrected chi connectivity index (χ2v) is 10.8. The lowest BCUT2D eigenvalue weighted by molar-refractivity contribution is -0.127. The highest BCUT2D eigenvalue weighted by Crippen LogP contribution is 2.29.